The third-order valence-electron chi connectivity index (χ3n) is 2.61. The lowest BCUT2D eigenvalue weighted by molar-refractivity contribution is 0.440. The molecule has 0 saturated heterocycles. The third kappa shape index (κ3) is 7.97. The maximum atomic E-state index is 11.8. The van der Waals surface area contributed by atoms with Crippen molar-refractivity contribution in [3.63, 3.8) is 0 Å². The van der Waals surface area contributed by atoms with Crippen molar-refractivity contribution in [2.24, 2.45) is 5.92 Å². The molecular weight excluding hydrogens is 206 g/mol. The predicted octanol–water partition coefficient (Wildman–Crippen LogP) is 2.56. The Hall–Kier alpha value is 0.110. The van der Waals surface area contributed by atoms with Crippen molar-refractivity contribution in [2.75, 3.05) is 18.1 Å². The lowest BCUT2D eigenvalue weighted by Crippen LogP contribution is -2.38. The average molecular weight is 233 g/mol. The van der Waals surface area contributed by atoms with Gasteiger partial charge in [-0.25, -0.2) is 0 Å². The lowest BCUT2D eigenvalue weighted by atomic mass is 10.1. The highest BCUT2D eigenvalue weighted by Gasteiger charge is 2.14. The molecule has 15 heavy (non-hydrogen) atoms. The zero-order valence-corrected chi connectivity index (χ0v) is 11.5. The number of hydrogen-bond acceptors (Lipinski definition) is 2. The Bertz CT molecular complexity index is 171. The van der Waals surface area contributed by atoms with Gasteiger partial charge >= 0.3 is 0 Å². The minimum atomic E-state index is -0.636. The van der Waals surface area contributed by atoms with Crippen molar-refractivity contribution in [3.05, 3.63) is 0 Å². The molecule has 0 aliphatic rings. The summed E-state index contributed by atoms with van der Waals surface area (Å²) in [6.07, 6.45) is 3.53. The van der Waals surface area contributed by atoms with Gasteiger partial charge in [-0.2, -0.15) is 0 Å². The molecule has 0 aromatic carbocycles. The van der Waals surface area contributed by atoms with Crippen LogP contribution in [0.3, 0.4) is 0 Å². The van der Waals surface area contributed by atoms with Crippen LogP contribution in [-0.2, 0) is 10.8 Å². The van der Waals surface area contributed by atoms with Crippen molar-refractivity contribution < 1.29 is 4.21 Å². The molecule has 1 N–H and O–H groups in total. The van der Waals surface area contributed by atoms with Crippen molar-refractivity contribution >= 4 is 10.8 Å². The molecule has 2 unspecified atom stereocenters. The first-order valence-electron chi connectivity index (χ1n) is 6.20. The summed E-state index contributed by atoms with van der Waals surface area (Å²) in [6, 6.07) is 0.414. The molecule has 0 rings (SSSR count). The molecule has 0 saturated carbocycles. The van der Waals surface area contributed by atoms with Crippen molar-refractivity contribution in [1.82, 2.24) is 5.32 Å². The topological polar surface area (TPSA) is 29.1 Å². The minimum absolute atomic E-state index is 0.414. The quantitative estimate of drug-likeness (QED) is 0.620. The Morgan fingerprint density at radius 1 is 1.20 bits per heavy atom. The number of hydrogen-bond donors (Lipinski definition) is 1. The van der Waals surface area contributed by atoms with Gasteiger partial charge in [-0.05, 0) is 18.9 Å². The molecule has 0 amide bonds. The van der Waals surface area contributed by atoms with E-state index in [0.717, 1.165) is 24.5 Å². The molecule has 0 bridgehead atoms. The maximum absolute atomic E-state index is 11.8. The minimum Gasteiger partial charge on any atom is -0.313 e. The highest BCUT2D eigenvalue weighted by Crippen LogP contribution is 2.05. The molecule has 2 nitrogen and oxygen atoms in total. The standard InChI is InChI=1S/C12H27NOS/c1-5-7-8-9-15(14)10-12(11(3)4)13-6-2/h11-13H,5-10H2,1-4H3. The normalized spacial score (nSPS) is 15.5. The molecule has 0 heterocycles. The van der Waals surface area contributed by atoms with Gasteiger partial charge in [-0.1, -0.05) is 40.5 Å². The van der Waals surface area contributed by atoms with Crippen LogP contribution in [0.1, 0.15) is 47.0 Å². The van der Waals surface area contributed by atoms with Gasteiger partial charge in [0.2, 0.25) is 0 Å². The van der Waals surface area contributed by atoms with E-state index in [1.54, 1.807) is 0 Å². The van der Waals surface area contributed by atoms with Gasteiger partial charge in [0.15, 0.2) is 0 Å². The molecule has 0 aliphatic carbocycles. The number of rotatable bonds is 9. The summed E-state index contributed by atoms with van der Waals surface area (Å²) in [7, 11) is -0.636. The predicted molar refractivity (Wildman–Crippen MR) is 69.7 cm³/mol. The van der Waals surface area contributed by atoms with Crippen molar-refractivity contribution in [2.45, 2.75) is 53.0 Å². The van der Waals surface area contributed by atoms with Crippen molar-refractivity contribution in [3.8, 4) is 0 Å². The number of nitrogens with one attached hydrogen (secondary N) is 1. The van der Waals surface area contributed by atoms with Crippen LogP contribution in [0.4, 0.5) is 0 Å². The fraction of sp³-hybridized carbons (Fsp3) is 1.00. The molecule has 2 atom stereocenters. The molecular formula is C12H27NOS. The summed E-state index contributed by atoms with van der Waals surface area (Å²) in [5.41, 5.74) is 0. The second kappa shape index (κ2) is 9.34. The van der Waals surface area contributed by atoms with Crippen LogP contribution in [0, 0.1) is 5.92 Å². The molecule has 0 aliphatic heterocycles. The summed E-state index contributed by atoms with van der Waals surface area (Å²) in [5, 5.41) is 3.41. The maximum Gasteiger partial charge on any atom is 0.0391 e. The van der Waals surface area contributed by atoms with Gasteiger partial charge < -0.3 is 5.32 Å². The van der Waals surface area contributed by atoms with Gasteiger partial charge in [0.1, 0.15) is 0 Å². The van der Waals surface area contributed by atoms with Crippen LogP contribution < -0.4 is 5.32 Å². The first-order valence-corrected chi connectivity index (χ1v) is 7.68. The Balaban J connectivity index is 3.78. The average Bonchev–Trinajstić information content (AvgIpc) is 2.17. The monoisotopic (exact) mass is 233 g/mol. The van der Waals surface area contributed by atoms with E-state index in [4.69, 9.17) is 0 Å². The Kier molecular flexibility index (Phi) is 9.41. The third-order valence-corrected chi connectivity index (χ3v) is 4.09. The Morgan fingerprint density at radius 2 is 1.87 bits per heavy atom. The van der Waals surface area contributed by atoms with E-state index in [1.807, 2.05) is 0 Å². The fourth-order valence-electron chi connectivity index (χ4n) is 1.55. The van der Waals surface area contributed by atoms with Crippen LogP contribution in [0.2, 0.25) is 0 Å². The van der Waals surface area contributed by atoms with Gasteiger partial charge in [0.05, 0.1) is 0 Å². The molecule has 0 fully saturated rings. The lowest BCUT2D eigenvalue weighted by Gasteiger charge is -2.21. The number of unbranched alkanes of at least 4 members (excludes halogenated alkanes) is 2. The van der Waals surface area contributed by atoms with E-state index < -0.39 is 10.8 Å². The Labute approximate surface area is 97.7 Å². The van der Waals surface area contributed by atoms with Crippen LogP contribution in [0.25, 0.3) is 0 Å². The largest absolute Gasteiger partial charge is 0.313 e. The second-order valence-electron chi connectivity index (χ2n) is 4.43. The van der Waals surface area contributed by atoms with E-state index >= 15 is 0 Å². The summed E-state index contributed by atoms with van der Waals surface area (Å²) < 4.78 is 11.8. The molecule has 3 heteroatoms. The van der Waals surface area contributed by atoms with E-state index in [-0.39, 0.29) is 0 Å². The zero-order valence-electron chi connectivity index (χ0n) is 10.7. The van der Waals surface area contributed by atoms with E-state index in [1.165, 1.54) is 12.8 Å². The molecule has 0 radical (unpaired) electrons. The highest BCUT2D eigenvalue weighted by atomic mass is 32.2. The first kappa shape index (κ1) is 15.1. The van der Waals surface area contributed by atoms with E-state index in [2.05, 4.69) is 33.0 Å². The van der Waals surface area contributed by atoms with E-state index in [0.29, 0.717) is 12.0 Å². The van der Waals surface area contributed by atoms with E-state index in [9.17, 15) is 4.21 Å². The summed E-state index contributed by atoms with van der Waals surface area (Å²) in [4.78, 5) is 0. The molecule has 0 aromatic rings. The molecule has 92 valence electrons. The zero-order chi connectivity index (χ0) is 11.7. The van der Waals surface area contributed by atoms with Crippen LogP contribution in [-0.4, -0.2) is 28.3 Å². The summed E-state index contributed by atoms with van der Waals surface area (Å²) in [6.45, 7) is 9.63. The molecule has 0 aromatic heterocycles. The summed E-state index contributed by atoms with van der Waals surface area (Å²) >= 11 is 0. The molecule has 0 spiro atoms. The van der Waals surface area contributed by atoms with Crippen LogP contribution in [0.15, 0.2) is 0 Å². The first-order chi connectivity index (χ1) is 7.11. The van der Waals surface area contributed by atoms with Crippen molar-refractivity contribution in [1.29, 1.82) is 0 Å². The highest BCUT2D eigenvalue weighted by molar-refractivity contribution is 7.85. The van der Waals surface area contributed by atoms with Gasteiger partial charge in [0, 0.05) is 28.3 Å². The summed E-state index contributed by atoms with van der Waals surface area (Å²) in [5.74, 6) is 2.26. The van der Waals surface area contributed by atoms with Crippen LogP contribution in [0.5, 0.6) is 0 Å². The van der Waals surface area contributed by atoms with Gasteiger partial charge in [-0.15, -0.1) is 0 Å². The smallest absolute Gasteiger partial charge is 0.0391 e. The van der Waals surface area contributed by atoms with Gasteiger partial charge in [-0.3, -0.25) is 4.21 Å². The Morgan fingerprint density at radius 3 is 2.33 bits per heavy atom. The SMILES string of the molecule is CCCCCS(=O)CC(NCC)C(C)C. The van der Waals surface area contributed by atoms with Crippen LogP contribution >= 0.6 is 0 Å². The fourth-order valence-corrected chi connectivity index (χ4v) is 3.14. The van der Waals surface area contributed by atoms with Gasteiger partial charge in [0.25, 0.3) is 0 Å². The second-order valence-corrected chi connectivity index (χ2v) is 6.05.